The van der Waals surface area contributed by atoms with E-state index in [4.69, 9.17) is 0 Å². The second-order valence-electron chi connectivity index (χ2n) is 5.44. The van der Waals surface area contributed by atoms with Crippen molar-refractivity contribution in [3.8, 4) is 0 Å². The fraction of sp³-hybridized carbons (Fsp3) is 0.909. The lowest BCUT2D eigenvalue weighted by atomic mass is 9.36. The van der Waals surface area contributed by atoms with Crippen LogP contribution >= 0.6 is 0 Å². The number of rotatable bonds is 5. The van der Waals surface area contributed by atoms with Gasteiger partial charge in [-0.3, -0.25) is 4.79 Å². The van der Waals surface area contributed by atoms with Crippen molar-refractivity contribution in [3.63, 3.8) is 0 Å². The van der Waals surface area contributed by atoms with Crippen LogP contribution in [0.2, 0.25) is 0 Å². The minimum absolute atomic E-state index is 0.127. The summed E-state index contributed by atoms with van der Waals surface area (Å²) in [6.45, 7) is 4.30. The van der Waals surface area contributed by atoms with Crippen LogP contribution in [0.15, 0.2) is 0 Å². The second kappa shape index (κ2) is 3.23. The molecule has 0 radical (unpaired) electrons. The highest BCUT2D eigenvalue weighted by atomic mass is 16.1. The standard InChI is InChI=1S/C11H20N2O/c1-10-5-11(6-10,7-10)8-13-4-3-9(14)12-2/h13H,3-8H2,1-2H3,(H,12,14). The third-order valence-electron chi connectivity index (χ3n) is 3.71. The molecule has 0 aromatic carbocycles. The van der Waals surface area contributed by atoms with Gasteiger partial charge in [-0.1, -0.05) is 6.92 Å². The first-order valence-corrected chi connectivity index (χ1v) is 5.49. The normalized spacial score (nSPS) is 38.4. The Bertz CT molecular complexity index is 230. The van der Waals surface area contributed by atoms with Crippen molar-refractivity contribution in [1.29, 1.82) is 0 Å². The molecule has 0 aliphatic heterocycles. The van der Waals surface area contributed by atoms with Gasteiger partial charge in [-0.25, -0.2) is 0 Å². The van der Waals surface area contributed by atoms with Crippen molar-refractivity contribution in [2.75, 3.05) is 20.1 Å². The van der Waals surface area contributed by atoms with E-state index in [1.165, 1.54) is 19.3 Å². The largest absolute Gasteiger partial charge is 0.359 e. The molecule has 2 bridgehead atoms. The summed E-state index contributed by atoms with van der Waals surface area (Å²) in [4.78, 5) is 10.9. The Labute approximate surface area is 85.6 Å². The van der Waals surface area contributed by atoms with Crippen LogP contribution in [0.25, 0.3) is 0 Å². The minimum Gasteiger partial charge on any atom is -0.359 e. The monoisotopic (exact) mass is 196 g/mol. The summed E-state index contributed by atoms with van der Waals surface area (Å²) in [5.41, 5.74) is 1.32. The van der Waals surface area contributed by atoms with E-state index < -0.39 is 0 Å². The van der Waals surface area contributed by atoms with Crippen LogP contribution in [-0.2, 0) is 4.79 Å². The molecular weight excluding hydrogens is 176 g/mol. The summed E-state index contributed by atoms with van der Waals surface area (Å²) in [5.74, 6) is 0.127. The number of nitrogens with one attached hydrogen (secondary N) is 2. The van der Waals surface area contributed by atoms with E-state index in [9.17, 15) is 4.79 Å². The third kappa shape index (κ3) is 1.65. The van der Waals surface area contributed by atoms with Crippen LogP contribution in [0.5, 0.6) is 0 Å². The Morgan fingerprint density at radius 3 is 2.50 bits per heavy atom. The molecule has 3 fully saturated rings. The molecule has 3 nitrogen and oxygen atoms in total. The lowest BCUT2D eigenvalue weighted by Crippen LogP contribution is -2.63. The average Bonchev–Trinajstić information content (AvgIpc) is 2.06. The number of amides is 1. The molecule has 0 aromatic rings. The van der Waals surface area contributed by atoms with Gasteiger partial charge in [-0.15, -0.1) is 0 Å². The van der Waals surface area contributed by atoms with Gasteiger partial charge in [0.15, 0.2) is 0 Å². The quantitative estimate of drug-likeness (QED) is 0.641. The number of carbonyl (C=O) groups is 1. The first kappa shape index (κ1) is 9.97. The Kier molecular flexibility index (Phi) is 2.30. The van der Waals surface area contributed by atoms with E-state index in [1.807, 2.05) is 0 Å². The van der Waals surface area contributed by atoms with E-state index in [1.54, 1.807) is 7.05 Å². The van der Waals surface area contributed by atoms with Crippen LogP contribution in [0.3, 0.4) is 0 Å². The van der Waals surface area contributed by atoms with Gasteiger partial charge in [0.2, 0.25) is 5.91 Å². The summed E-state index contributed by atoms with van der Waals surface area (Å²) in [7, 11) is 1.68. The van der Waals surface area contributed by atoms with Crippen molar-refractivity contribution < 1.29 is 4.79 Å². The first-order chi connectivity index (χ1) is 6.58. The zero-order valence-corrected chi connectivity index (χ0v) is 9.15. The Hall–Kier alpha value is -0.570. The highest BCUT2D eigenvalue weighted by molar-refractivity contribution is 5.75. The molecule has 0 heterocycles. The first-order valence-electron chi connectivity index (χ1n) is 5.49. The third-order valence-corrected chi connectivity index (χ3v) is 3.71. The van der Waals surface area contributed by atoms with Gasteiger partial charge in [0.05, 0.1) is 0 Å². The molecule has 80 valence electrons. The van der Waals surface area contributed by atoms with Crippen molar-refractivity contribution >= 4 is 5.91 Å². The van der Waals surface area contributed by atoms with Gasteiger partial charge in [-0.2, -0.15) is 0 Å². The van der Waals surface area contributed by atoms with E-state index in [-0.39, 0.29) is 5.91 Å². The predicted molar refractivity (Wildman–Crippen MR) is 55.9 cm³/mol. The predicted octanol–water partition coefficient (Wildman–Crippen LogP) is 0.902. The molecule has 14 heavy (non-hydrogen) atoms. The SMILES string of the molecule is CNC(=O)CCNCC12CC(C)(C1)C2. The van der Waals surface area contributed by atoms with Crippen molar-refractivity contribution in [1.82, 2.24) is 10.6 Å². The van der Waals surface area contributed by atoms with E-state index in [0.717, 1.165) is 13.1 Å². The zero-order chi connectivity index (χ0) is 10.2. The molecule has 3 saturated carbocycles. The summed E-state index contributed by atoms with van der Waals surface area (Å²) in [6.07, 6.45) is 4.79. The van der Waals surface area contributed by atoms with Crippen LogP contribution in [0.4, 0.5) is 0 Å². The van der Waals surface area contributed by atoms with E-state index in [2.05, 4.69) is 17.6 Å². The fourth-order valence-electron chi connectivity index (χ4n) is 3.43. The molecule has 3 aliphatic carbocycles. The van der Waals surface area contributed by atoms with Gasteiger partial charge in [0.25, 0.3) is 0 Å². The molecule has 3 aliphatic rings. The second-order valence-corrected chi connectivity index (χ2v) is 5.44. The molecule has 0 spiro atoms. The molecule has 3 rings (SSSR count). The summed E-state index contributed by atoms with van der Waals surface area (Å²) < 4.78 is 0. The Morgan fingerprint density at radius 1 is 1.36 bits per heavy atom. The van der Waals surface area contributed by atoms with Gasteiger partial charge < -0.3 is 10.6 Å². The van der Waals surface area contributed by atoms with E-state index >= 15 is 0 Å². The maximum Gasteiger partial charge on any atom is 0.221 e. The van der Waals surface area contributed by atoms with Crippen LogP contribution < -0.4 is 10.6 Å². The number of hydrogen-bond acceptors (Lipinski definition) is 2. The topological polar surface area (TPSA) is 41.1 Å². The number of hydrogen-bond donors (Lipinski definition) is 2. The molecule has 0 saturated heterocycles. The lowest BCUT2D eigenvalue weighted by molar-refractivity contribution is -0.186. The highest BCUT2D eigenvalue weighted by Crippen LogP contribution is 2.72. The smallest absolute Gasteiger partial charge is 0.221 e. The van der Waals surface area contributed by atoms with Crippen molar-refractivity contribution in [3.05, 3.63) is 0 Å². The molecule has 0 unspecified atom stereocenters. The maximum absolute atomic E-state index is 10.9. The highest BCUT2D eigenvalue weighted by Gasteiger charge is 2.64. The average molecular weight is 196 g/mol. The molecule has 0 aromatic heterocycles. The number of carbonyl (C=O) groups excluding carboxylic acids is 1. The van der Waals surface area contributed by atoms with Gasteiger partial charge >= 0.3 is 0 Å². The minimum atomic E-state index is 0.127. The van der Waals surface area contributed by atoms with Crippen LogP contribution in [-0.4, -0.2) is 26.0 Å². The van der Waals surface area contributed by atoms with Gasteiger partial charge in [0, 0.05) is 26.6 Å². The Morgan fingerprint density at radius 2 is 2.00 bits per heavy atom. The molecule has 1 amide bonds. The zero-order valence-electron chi connectivity index (χ0n) is 9.15. The molecule has 3 heteroatoms. The fourth-order valence-corrected chi connectivity index (χ4v) is 3.43. The van der Waals surface area contributed by atoms with Gasteiger partial charge in [0.1, 0.15) is 0 Å². The van der Waals surface area contributed by atoms with Crippen molar-refractivity contribution in [2.45, 2.75) is 32.6 Å². The summed E-state index contributed by atoms with van der Waals surface area (Å²) in [5, 5.41) is 6.01. The Balaban J connectivity index is 1.55. The molecule has 2 N–H and O–H groups in total. The molecular formula is C11H20N2O. The van der Waals surface area contributed by atoms with Gasteiger partial charge in [-0.05, 0) is 30.1 Å². The van der Waals surface area contributed by atoms with Crippen molar-refractivity contribution in [2.24, 2.45) is 10.8 Å². The maximum atomic E-state index is 10.9. The molecule has 0 atom stereocenters. The van der Waals surface area contributed by atoms with Crippen LogP contribution in [0.1, 0.15) is 32.6 Å². The summed E-state index contributed by atoms with van der Waals surface area (Å²) in [6, 6.07) is 0. The van der Waals surface area contributed by atoms with E-state index in [0.29, 0.717) is 17.3 Å². The summed E-state index contributed by atoms with van der Waals surface area (Å²) >= 11 is 0. The van der Waals surface area contributed by atoms with Crippen LogP contribution in [0, 0.1) is 10.8 Å². The lowest BCUT2D eigenvalue weighted by Gasteiger charge is -2.70.